The highest BCUT2D eigenvalue weighted by atomic mass is 16.1. The fourth-order valence-corrected chi connectivity index (χ4v) is 5.50. The molecular weight excluding hydrogens is 316 g/mol. The zero-order chi connectivity index (χ0) is 18.6. The van der Waals surface area contributed by atoms with Gasteiger partial charge in [-0.15, -0.1) is 0 Å². The van der Waals surface area contributed by atoms with Crippen LogP contribution in [0.4, 0.5) is 0 Å². The lowest BCUT2D eigenvalue weighted by atomic mass is 9.78. The van der Waals surface area contributed by atoms with Crippen LogP contribution in [-0.4, -0.2) is 5.78 Å². The standard InChI is InChI=1S/C25H44O/c1-3-4-5-6-7-8-9-10-11-12-13-14-15-16-17-24-22-18-19-23(20-22)25(24)21(2)26/h18-19,22-25H,3-17,20H2,1-2H3. The van der Waals surface area contributed by atoms with Crippen molar-refractivity contribution in [1.29, 1.82) is 0 Å². The summed E-state index contributed by atoms with van der Waals surface area (Å²) in [7, 11) is 0. The summed E-state index contributed by atoms with van der Waals surface area (Å²) in [6, 6.07) is 0. The van der Waals surface area contributed by atoms with Crippen LogP contribution in [-0.2, 0) is 4.79 Å². The number of unbranched alkanes of at least 4 members (excludes halogenated alkanes) is 13. The lowest BCUT2D eigenvalue weighted by Gasteiger charge is -2.26. The Morgan fingerprint density at radius 2 is 1.19 bits per heavy atom. The van der Waals surface area contributed by atoms with Crippen LogP contribution >= 0.6 is 0 Å². The molecule has 1 nitrogen and oxygen atoms in total. The third-order valence-electron chi connectivity index (χ3n) is 6.98. The summed E-state index contributed by atoms with van der Waals surface area (Å²) in [6.45, 7) is 4.11. The molecule has 1 heteroatoms. The summed E-state index contributed by atoms with van der Waals surface area (Å²) in [6.07, 6.45) is 27.2. The maximum atomic E-state index is 12.0. The minimum atomic E-state index is 0.354. The number of rotatable bonds is 16. The normalized spacial score (nSPS) is 26.7. The van der Waals surface area contributed by atoms with Crippen LogP contribution < -0.4 is 0 Å². The van der Waals surface area contributed by atoms with Crippen LogP contribution in [0.2, 0.25) is 0 Å². The highest BCUT2D eigenvalue weighted by Crippen LogP contribution is 2.50. The van der Waals surface area contributed by atoms with Gasteiger partial charge in [-0.3, -0.25) is 4.79 Å². The maximum Gasteiger partial charge on any atom is 0.133 e. The van der Waals surface area contributed by atoms with Crippen molar-refractivity contribution < 1.29 is 4.79 Å². The van der Waals surface area contributed by atoms with E-state index in [0.717, 1.165) is 5.92 Å². The van der Waals surface area contributed by atoms with E-state index in [4.69, 9.17) is 0 Å². The van der Waals surface area contributed by atoms with E-state index in [-0.39, 0.29) is 0 Å². The molecule has 1 fully saturated rings. The fourth-order valence-electron chi connectivity index (χ4n) is 5.50. The molecule has 4 atom stereocenters. The molecule has 0 heterocycles. The molecule has 4 unspecified atom stereocenters. The van der Waals surface area contributed by atoms with Crippen molar-refractivity contribution in [3.05, 3.63) is 12.2 Å². The van der Waals surface area contributed by atoms with E-state index in [1.807, 2.05) is 6.92 Å². The maximum absolute atomic E-state index is 12.0. The predicted molar refractivity (Wildman–Crippen MR) is 113 cm³/mol. The molecule has 2 rings (SSSR count). The molecule has 0 amide bonds. The number of Topliss-reactive ketones (excluding diaryl/α,β-unsaturated/α-hetero) is 1. The van der Waals surface area contributed by atoms with Gasteiger partial charge in [0.1, 0.15) is 5.78 Å². The molecule has 26 heavy (non-hydrogen) atoms. The van der Waals surface area contributed by atoms with Gasteiger partial charge in [0, 0.05) is 5.92 Å². The molecule has 0 saturated heterocycles. The monoisotopic (exact) mass is 360 g/mol. The summed E-state index contributed by atoms with van der Waals surface area (Å²) in [5, 5.41) is 0. The first kappa shape index (κ1) is 21.7. The van der Waals surface area contributed by atoms with E-state index in [9.17, 15) is 4.79 Å². The largest absolute Gasteiger partial charge is 0.300 e. The van der Waals surface area contributed by atoms with Gasteiger partial charge >= 0.3 is 0 Å². The highest BCUT2D eigenvalue weighted by Gasteiger charge is 2.45. The van der Waals surface area contributed by atoms with Gasteiger partial charge in [0.2, 0.25) is 0 Å². The van der Waals surface area contributed by atoms with Crippen molar-refractivity contribution in [2.24, 2.45) is 23.7 Å². The first-order chi connectivity index (χ1) is 12.7. The molecule has 0 N–H and O–H groups in total. The topological polar surface area (TPSA) is 17.1 Å². The van der Waals surface area contributed by atoms with E-state index >= 15 is 0 Å². The first-order valence-corrected chi connectivity index (χ1v) is 11.9. The van der Waals surface area contributed by atoms with Crippen LogP contribution in [0.5, 0.6) is 0 Å². The minimum absolute atomic E-state index is 0.354. The third-order valence-corrected chi connectivity index (χ3v) is 6.98. The molecule has 2 aliphatic rings. The Bertz CT molecular complexity index is 410. The minimum Gasteiger partial charge on any atom is -0.300 e. The quantitative estimate of drug-likeness (QED) is 0.202. The summed E-state index contributed by atoms with van der Waals surface area (Å²) in [4.78, 5) is 12.0. The number of hydrogen-bond donors (Lipinski definition) is 0. The molecule has 150 valence electrons. The van der Waals surface area contributed by atoms with E-state index in [2.05, 4.69) is 19.1 Å². The Hall–Kier alpha value is -0.590. The average molecular weight is 361 g/mol. The number of ketones is 1. The Morgan fingerprint density at radius 1 is 0.731 bits per heavy atom. The third kappa shape index (κ3) is 7.20. The Kier molecular flexibility index (Phi) is 10.6. The zero-order valence-corrected chi connectivity index (χ0v) is 17.7. The lowest BCUT2D eigenvalue weighted by molar-refractivity contribution is -0.122. The van der Waals surface area contributed by atoms with Gasteiger partial charge in [-0.1, -0.05) is 109 Å². The fraction of sp³-hybridized carbons (Fsp3) is 0.880. The highest BCUT2D eigenvalue weighted by molar-refractivity contribution is 5.80. The van der Waals surface area contributed by atoms with Crippen LogP contribution in [0, 0.1) is 23.7 Å². The Labute approximate surface area is 163 Å². The SMILES string of the molecule is CCCCCCCCCCCCCCCCC1C2C=CC(C2)C1C(C)=O. The predicted octanol–water partition coefficient (Wildman–Crippen LogP) is 7.89. The Morgan fingerprint density at radius 3 is 1.69 bits per heavy atom. The molecule has 2 aliphatic carbocycles. The Balaban J connectivity index is 1.38. The van der Waals surface area contributed by atoms with Crippen LogP contribution in [0.25, 0.3) is 0 Å². The molecule has 0 aliphatic heterocycles. The van der Waals surface area contributed by atoms with Gasteiger partial charge in [-0.25, -0.2) is 0 Å². The molecule has 0 aromatic carbocycles. The average Bonchev–Trinajstić information content (AvgIpc) is 3.23. The van der Waals surface area contributed by atoms with Crippen molar-refractivity contribution in [3.63, 3.8) is 0 Å². The van der Waals surface area contributed by atoms with Gasteiger partial charge in [0.15, 0.2) is 0 Å². The second kappa shape index (κ2) is 12.7. The second-order valence-electron chi connectivity index (χ2n) is 9.13. The molecule has 0 spiro atoms. The van der Waals surface area contributed by atoms with Crippen molar-refractivity contribution >= 4 is 5.78 Å². The van der Waals surface area contributed by atoms with Crippen LogP contribution in [0.1, 0.15) is 117 Å². The molecule has 0 aromatic heterocycles. The van der Waals surface area contributed by atoms with Crippen molar-refractivity contribution in [1.82, 2.24) is 0 Å². The lowest BCUT2D eigenvalue weighted by Crippen LogP contribution is -2.25. The van der Waals surface area contributed by atoms with Gasteiger partial charge < -0.3 is 0 Å². The van der Waals surface area contributed by atoms with Crippen molar-refractivity contribution in [2.45, 2.75) is 117 Å². The second-order valence-corrected chi connectivity index (χ2v) is 9.13. The number of fused-ring (bicyclic) bond motifs is 2. The van der Waals surface area contributed by atoms with E-state index < -0.39 is 0 Å². The van der Waals surface area contributed by atoms with Gasteiger partial charge in [0.05, 0.1) is 0 Å². The number of carbonyl (C=O) groups excluding carboxylic acids is 1. The summed E-state index contributed by atoms with van der Waals surface area (Å²) in [5.41, 5.74) is 0. The van der Waals surface area contributed by atoms with Crippen molar-refractivity contribution in [2.75, 3.05) is 0 Å². The smallest absolute Gasteiger partial charge is 0.133 e. The van der Waals surface area contributed by atoms with E-state index in [1.54, 1.807) is 0 Å². The number of allylic oxidation sites excluding steroid dienone is 2. The first-order valence-electron chi connectivity index (χ1n) is 11.9. The van der Waals surface area contributed by atoms with Crippen LogP contribution in [0.3, 0.4) is 0 Å². The molecule has 2 bridgehead atoms. The van der Waals surface area contributed by atoms with Crippen LogP contribution in [0.15, 0.2) is 12.2 Å². The van der Waals surface area contributed by atoms with Gasteiger partial charge in [-0.2, -0.15) is 0 Å². The summed E-state index contributed by atoms with van der Waals surface area (Å²) in [5.74, 6) is 2.76. The summed E-state index contributed by atoms with van der Waals surface area (Å²) >= 11 is 0. The number of carbonyl (C=O) groups is 1. The van der Waals surface area contributed by atoms with E-state index in [0.29, 0.717) is 23.5 Å². The van der Waals surface area contributed by atoms with Crippen molar-refractivity contribution in [3.8, 4) is 0 Å². The molecular formula is C25H44O. The van der Waals surface area contributed by atoms with Gasteiger partial charge in [0.25, 0.3) is 0 Å². The summed E-state index contributed by atoms with van der Waals surface area (Å²) < 4.78 is 0. The molecule has 1 saturated carbocycles. The zero-order valence-electron chi connectivity index (χ0n) is 17.7. The van der Waals surface area contributed by atoms with Gasteiger partial charge in [-0.05, 0) is 37.5 Å². The molecule has 0 aromatic rings. The molecule has 0 radical (unpaired) electrons. The number of hydrogen-bond acceptors (Lipinski definition) is 1. The van der Waals surface area contributed by atoms with E-state index in [1.165, 1.54) is 103 Å².